The van der Waals surface area contributed by atoms with Crippen molar-refractivity contribution in [3.8, 4) is 5.88 Å². The van der Waals surface area contributed by atoms with E-state index in [1.54, 1.807) is 24.6 Å². The highest BCUT2D eigenvalue weighted by Crippen LogP contribution is 2.39. The zero-order valence-electron chi connectivity index (χ0n) is 17.2. The molecule has 2 aromatic heterocycles. The smallest absolute Gasteiger partial charge is 0.279 e. The highest BCUT2D eigenvalue weighted by molar-refractivity contribution is 7.87. The number of ether oxygens (including phenoxy) is 1. The number of nitrogens with one attached hydrogen (secondary N) is 1. The lowest BCUT2D eigenvalue weighted by molar-refractivity contribution is 0.108. The largest absolute Gasteiger partial charge is 0.474 e. The Hall–Kier alpha value is -1.33. The number of hydrogen-bond acceptors (Lipinski definition) is 7. The molecule has 10 heteroatoms. The molecule has 1 N–H and O–H groups in total. The lowest BCUT2D eigenvalue weighted by Crippen LogP contribution is -2.43. The van der Waals surface area contributed by atoms with Gasteiger partial charge in [0, 0.05) is 30.6 Å². The van der Waals surface area contributed by atoms with Crippen LogP contribution in [-0.2, 0) is 23.2 Å². The van der Waals surface area contributed by atoms with Gasteiger partial charge in [-0.25, -0.2) is 14.7 Å². The van der Waals surface area contributed by atoms with Crippen molar-refractivity contribution in [3.63, 3.8) is 0 Å². The molecule has 1 saturated carbocycles. The van der Waals surface area contributed by atoms with E-state index in [9.17, 15) is 8.42 Å². The number of fused-ring (bicyclic) bond motifs is 3. The zero-order chi connectivity index (χ0) is 20.6. The molecule has 29 heavy (non-hydrogen) atoms. The summed E-state index contributed by atoms with van der Waals surface area (Å²) in [6.45, 7) is 2.98. The predicted molar refractivity (Wildman–Crippen MR) is 114 cm³/mol. The van der Waals surface area contributed by atoms with Gasteiger partial charge in [0.25, 0.3) is 10.2 Å². The van der Waals surface area contributed by atoms with Crippen molar-refractivity contribution in [1.82, 2.24) is 23.9 Å². The van der Waals surface area contributed by atoms with E-state index in [0.29, 0.717) is 38.0 Å². The fourth-order valence-corrected chi connectivity index (χ4v) is 6.57. The SMILES string of the molecule is CCNS(=O)(=O)N1CCc2sc3ncnc(OC4CCC(N(C)C)CC4)c3c2C1. The van der Waals surface area contributed by atoms with Gasteiger partial charge in [-0.2, -0.15) is 12.7 Å². The number of aromatic nitrogens is 2. The summed E-state index contributed by atoms with van der Waals surface area (Å²) in [5.74, 6) is 0.600. The summed E-state index contributed by atoms with van der Waals surface area (Å²) in [5, 5.41) is 0.888. The fraction of sp³-hybridized carbons (Fsp3) is 0.684. The molecule has 2 aliphatic rings. The second-order valence-corrected chi connectivity index (χ2v) is 10.8. The minimum absolute atomic E-state index is 0.144. The predicted octanol–water partition coefficient (Wildman–Crippen LogP) is 2.16. The average molecular weight is 440 g/mol. The first-order valence-electron chi connectivity index (χ1n) is 10.2. The third-order valence-electron chi connectivity index (χ3n) is 5.88. The maximum Gasteiger partial charge on any atom is 0.279 e. The molecule has 0 atom stereocenters. The van der Waals surface area contributed by atoms with Crippen molar-refractivity contribution in [2.75, 3.05) is 27.2 Å². The molecule has 4 rings (SSSR count). The van der Waals surface area contributed by atoms with Gasteiger partial charge in [-0.3, -0.25) is 0 Å². The van der Waals surface area contributed by atoms with E-state index in [1.165, 1.54) is 9.18 Å². The van der Waals surface area contributed by atoms with Crippen LogP contribution in [0.2, 0.25) is 0 Å². The first-order valence-corrected chi connectivity index (χ1v) is 12.5. The molecule has 0 radical (unpaired) electrons. The van der Waals surface area contributed by atoms with Crippen LogP contribution in [-0.4, -0.2) is 66.9 Å². The van der Waals surface area contributed by atoms with Crippen molar-refractivity contribution in [2.24, 2.45) is 0 Å². The average Bonchev–Trinajstić information content (AvgIpc) is 3.07. The van der Waals surface area contributed by atoms with E-state index >= 15 is 0 Å². The Morgan fingerprint density at radius 1 is 1.28 bits per heavy atom. The van der Waals surface area contributed by atoms with Crippen LogP contribution in [0.15, 0.2) is 6.33 Å². The molecule has 0 spiro atoms. The first-order chi connectivity index (χ1) is 13.9. The molecule has 1 fully saturated rings. The third-order valence-corrected chi connectivity index (χ3v) is 8.72. The summed E-state index contributed by atoms with van der Waals surface area (Å²) in [6.07, 6.45) is 6.62. The standard InChI is InChI=1S/C19H29N5O3S2/c1-4-22-29(25,26)24-10-9-16-15(11-24)17-18(20-12-21-19(17)28-16)27-14-7-5-13(6-8-14)23(2)3/h12-14,22H,4-11H2,1-3H3. The van der Waals surface area contributed by atoms with Gasteiger partial charge in [0.2, 0.25) is 5.88 Å². The van der Waals surface area contributed by atoms with Crippen LogP contribution in [0, 0.1) is 0 Å². The van der Waals surface area contributed by atoms with Crippen molar-refractivity contribution in [1.29, 1.82) is 0 Å². The maximum atomic E-state index is 12.5. The first kappa shape index (κ1) is 20.9. The molecule has 3 heterocycles. The second kappa shape index (κ2) is 8.43. The van der Waals surface area contributed by atoms with Gasteiger partial charge in [-0.1, -0.05) is 6.92 Å². The summed E-state index contributed by atoms with van der Waals surface area (Å²) in [4.78, 5) is 13.2. The molecular weight excluding hydrogens is 410 g/mol. The van der Waals surface area contributed by atoms with E-state index in [1.807, 2.05) is 0 Å². The maximum absolute atomic E-state index is 12.5. The molecule has 0 saturated heterocycles. The Balaban J connectivity index is 1.59. The van der Waals surface area contributed by atoms with E-state index in [0.717, 1.165) is 41.5 Å². The van der Waals surface area contributed by atoms with Crippen molar-refractivity contribution in [3.05, 3.63) is 16.8 Å². The van der Waals surface area contributed by atoms with Crippen LogP contribution in [0.25, 0.3) is 10.2 Å². The van der Waals surface area contributed by atoms with Gasteiger partial charge in [-0.05, 0) is 51.8 Å². The highest BCUT2D eigenvalue weighted by Gasteiger charge is 2.31. The third kappa shape index (κ3) is 4.27. The summed E-state index contributed by atoms with van der Waals surface area (Å²) in [7, 11) is 0.784. The minimum Gasteiger partial charge on any atom is -0.474 e. The quantitative estimate of drug-likeness (QED) is 0.742. The lowest BCUT2D eigenvalue weighted by Gasteiger charge is -2.32. The monoisotopic (exact) mass is 439 g/mol. The van der Waals surface area contributed by atoms with Gasteiger partial charge in [0.1, 0.15) is 17.3 Å². The summed E-state index contributed by atoms with van der Waals surface area (Å²) < 4.78 is 35.4. The van der Waals surface area contributed by atoms with E-state index in [2.05, 4.69) is 33.7 Å². The Bertz CT molecular complexity index is 968. The highest BCUT2D eigenvalue weighted by atomic mass is 32.2. The van der Waals surface area contributed by atoms with Crippen molar-refractivity contribution in [2.45, 2.75) is 57.7 Å². The van der Waals surface area contributed by atoms with E-state index in [4.69, 9.17) is 4.74 Å². The summed E-state index contributed by atoms with van der Waals surface area (Å²) in [5.41, 5.74) is 0.996. The molecule has 2 aromatic rings. The Morgan fingerprint density at radius 2 is 2.03 bits per heavy atom. The van der Waals surface area contributed by atoms with Crippen LogP contribution < -0.4 is 9.46 Å². The molecule has 0 unspecified atom stereocenters. The lowest BCUT2D eigenvalue weighted by atomic mass is 9.92. The normalized spacial score (nSPS) is 23.4. The molecule has 160 valence electrons. The molecule has 0 amide bonds. The molecule has 0 bridgehead atoms. The minimum atomic E-state index is -3.48. The number of nitrogens with zero attached hydrogens (tertiary/aromatic N) is 4. The number of rotatable bonds is 6. The molecule has 1 aliphatic heterocycles. The van der Waals surface area contributed by atoms with Gasteiger partial charge >= 0.3 is 0 Å². The van der Waals surface area contributed by atoms with Crippen molar-refractivity contribution >= 4 is 31.8 Å². The second-order valence-electron chi connectivity index (χ2n) is 7.96. The number of hydrogen-bond donors (Lipinski definition) is 1. The molecular formula is C19H29N5O3S2. The molecule has 8 nitrogen and oxygen atoms in total. The van der Waals surface area contributed by atoms with Crippen LogP contribution in [0.3, 0.4) is 0 Å². The molecule has 0 aromatic carbocycles. The topological polar surface area (TPSA) is 87.7 Å². The van der Waals surface area contributed by atoms with Crippen LogP contribution >= 0.6 is 11.3 Å². The summed E-state index contributed by atoms with van der Waals surface area (Å²) in [6, 6.07) is 0.610. The van der Waals surface area contributed by atoms with Crippen molar-refractivity contribution < 1.29 is 13.2 Å². The van der Waals surface area contributed by atoms with Gasteiger partial charge in [0.05, 0.1) is 5.39 Å². The van der Waals surface area contributed by atoms with E-state index in [-0.39, 0.29) is 6.10 Å². The zero-order valence-corrected chi connectivity index (χ0v) is 18.9. The fourth-order valence-electron chi connectivity index (χ4n) is 4.26. The van der Waals surface area contributed by atoms with Crippen LogP contribution in [0.5, 0.6) is 5.88 Å². The van der Waals surface area contributed by atoms with Gasteiger partial charge < -0.3 is 9.64 Å². The Morgan fingerprint density at radius 3 is 2.72 bits per heavy atom. The summed E-state index contributed by atoms with van der Waals surface area (Å²) >= 11 is 1.63. The van der Waals surface area contributed by atoms with E-state index < -0.39 is 10.2 Å². The Labute approximate surface area is 176 Å². The number of thiophene rings is 1. The Kier molecular flexibility index (Phi) is 6.08. The van der Waals surface area contributed by atoms with Gasteiger partial charge in [0.15, 0.2) is 0 Å². The van der Waals surface area contributed by atoms with Gasteiger partial charge in [-0.15, -0.1) is 11.3 Å². The van der Waals surface area contributed by atoms with Crippen LogP contribution in [0.1, 0.15) is 43.0 Å². The molecule has 1 aliphatic carbocycles. The van der Waals surface area contributed by atoms with Crippen LogP contribution in [0.4, 0.5) is 0 Å².